The normalized spacial score (nSPS) is 19.0. The smallest absolute Gasteiger partial charge is 0.246 e. The Morgan fingerprint density at radius 1 is 1.26 bits per heavy atom. The zero-order valence-electron chi connectivity index (χ0n) is 23.8. The molecule has 1 aromatic carbocycles. The summed E-state index contributed by atoms with van der Waals surface area (Å²) in [6.07, 6.45) is 4.92. The minimum Gasteiger partial charge on any atom is -0.475 e. The minimum atomic E-state index is -0.596. The number of fused-ring (bicyclic) bond motifs is 2. The molecule has 218 valence electrons. The molecule has 5 heterocycles. The van der Waals surface area contributed by atoms with E-state index >= 15 is 4.39 Å². The van der Waals surface area contributed by atoms with Gasteiger partial charge in [0.2, 0.25) is 11.8 Å². The topological polar surface area (TPSA) is 109 Å². The van der Waals surface area contributed by atoms with Crippen molar-refractivity contribution < 1.29 is 13.9 Å². The summed E-state index contributed by atoms with van der Waals surface area (Å²) < 4.78 is 23.7. The van der Waals surface area contributed by atoms with Gasteiger partial charge in [0.05, 0.1) is 24.2 Å². The van der Waals surface area contributed by atoms with Gasteiger partial charge >= 0.3 is 0 Å². The van der Waals surface area contributed by atoms with E-state index in [0.29, 0.717) is 36.3 Å². The number of benzene rings is 1. The van der Waals surface area contributed by atoms with Crippen LogP contribution in [0.2, 0.25) is 0 Å². The number of halogens is 1. The van der Waals surface area contributed by atoms with Gasteiger partial charge in [0.15, 0.2) is 5.82 Å². The van der Waals surface area contributed by atoms with Crippen LogP contribution in [0.25, 0.3) is 32.2 Å². The molecule has 0 N–H and O–H groups in total. The lowest BCUT2D eigenvalue weighted by Gasteiger charge is -2.42. The summed E-state index contributed by atoms with van der Waals surface area (Å²) in [6, 6.07) is 11.8. The number of ether oxygens (including phenoxy) is 1. The highest BCUT2D eigenvalue weighted by Gasteiger charge is 2.33. The van der Waals surface area contributed by atoms with Crippen molar-refractivity contribution in [3.05, 3.63) is 59.9 Å². The number of piperazine rings is 1. The van der Waals surface area contributed by atoms with E-state index in [1.165, 1.54) is 17.4 Å². The quantitative estimate of drug-likeness (QED) is 0.271. The van der Waals surface area contributed by atoms with Gasteiger partial charge in [-0.2, -0.15) is 10.5 Å². The Bertz CT molecular complexity index is 1810. The Kier molecular flexibility index (Phi) is 7.94. The monoisotopic (exact) mass is 595 g/mol. The van der Waals surface area contributed by atoms with Crippen LogP contribution < -0.4 is 9.64 Å². The third-order valence-corrected chi connectivity index (χ3v) is 9.39. The molecule has 2 atom stereocenters. The standard InChI is InChI=1S/C32H30FN7O2S/c1-3-26(41)40-14-13-39(18-21(40)9-11-34)30-24(16-35)32(42-19-22-7-5-12-38(22)2)37-29-25(30)17-36-28(27(29)33)23-8-4-6-20-10-15-43-31(20)23/h3-4,6,8,10,15,17,21-22H,1,5,7,9,12-14,18-19H2,2H3/t21-,22-/m0/s1. The molecule has 2 saturated heterocycles. The van der Waals surface area contributed by atoms with Crippen LogP contribution >= 0.6 is 11.3 Å². The average Bonchev–Trinajstić information content (AvgIpc) is 3.68. The van der Waals surface area contributed by atoms with Crippen molar-refractivity contribution >= 4 is 43.9 Å². The number of amides is 1. The third kappa shape index (κ3) is 5.16. The summed E-state index contributed by atoms with van der Waals surface area (Å²) in [7, 11) is 2.04. The van der Waals surface area contributed by atoms with E-state index in [0.717, 1.165) is 29.5 Å². The number of aromatic nitrogens is 2. The van der Waals surface area contributed by atoms with Crippen LogP contribution in [0, 0.1) is 28.5 Å². The van der Waals surface area contributed by atoms with Gasteiger partial charge in [-0.05, 0) is 49.3 Å². The molecule has 0 spiro atoms. The first-order chi connectivity index (χ1) is 20.9. The second kappa shape index (κ2) is 12.0. The van der Waals surface area contributed by atoms with Gasteiger partial charge < -0.3 is 19.4 Å². The van der Waals surface area contributed by atoms with Crippen LogP contribution in [0.1, 0.15) is 24.8 Å². The summed E-state index contributed by atoms with van der Waals surface area (Å²) >= 11 is 1.52. The zero-order valence-corrected chi connectivity index (χ0v) is 24.6. The molecule has 0 aliphatic carbocycles. The fraction of sp³-hybridized carbons (Fsp3) is 0.344. The number of thiophene rings is 1. The molecule has 0 saturated carbocycles. The fourth-order valence-corrected chi connectivity index (χ4v) is 7.08. The summed E-state index contributed by atoms with van der Waals surface area (Å²) in [4.78, 5) is 27.5. The van der Waals surface area contributed by atoms with Crippen LogP contribution in [-0.4, -0.2) is 77.6 Å². The van der Waals surface area contributed by atoms with E-state index in [9.17, 15) is 15.3 Å². The molecule has 43 heavy (non-hydrogen) atoms. The number of hydrogen-bond acceptors (Lipinski definition) is 9. The molecule has 6 rings (SSSR count). The molecule has 0 radical (unpaired) electrons. The number of carbonyl (C=O) groups is 1. The maximum absolute atomic E-state index is 16.6. The van der Waals surface area contributed by atoms with Crippen LogP contribution in [0.3, 0.4) is 0 Å². The molecule has 11 heteroatoms. The first-order valence-corrected chi connectivity index (χ1v) is 15.1. The van der Waals surface area contributed by atoms with Crippen molar-refractivity contribution in [1.29, 1.82) is 10.5 Å². The predicted molar refractivity (Wildman–Crippen MR) is 164 cm³/mol. The predicted octanol–water partition coefficient (Wildman–Crippen LogP) is 5.11. The van der Waals surface area contributed by atoms with Crippen molar-refractivity contribution in [3.8, 4) is 29.3 Å². The number of nitriles is 2. The first kappa shape index (κ1) is 28.5. The van der Waals surface area contributed by atoms with Gasteiger partial charge in [-0.15, -0.1) is 11.3 Å². The third-order valence-electron chi connectivity index (χ3n) is 8.43. The fourth-order valence-electron chi connectivity index (χ4n) is 6.17. The highest BCUT2D eigenvalue weighted by molar-refractivity contribution is 7.17. The maximum atomic E-state index is 16.6. The van der Waals surface area contributed by atoms with E-state index < -0.39 is 11.9 Å². The van der Waals surface area contributed by atoms with Gasteiger partial charge in [0.25, 0.3) is 0 Å². The number of likely N-dealkylation sites (tertiary alicyclic amines) is 1. The number of rotatable bonds is 7. The molecule has 0 unspecified atom stereocenters. The molecule has 4 aromatic rings. The summed E-state index contributed by atoms with van der Waals surface area (Å²) in [5.74, 6) is -0.789. The van der Waals surface area contributed by atoms with Crippen LogP contribution in [0.15, 0.2) is 48.5 Å². The first-order valence-electron chi connectivity index (χ1n) is 14.2. The average molecular weight is 596 g/mol. The van der Waals surface area contributed by atoms with E-state index in [-0.39, 0.29) is 47.6 Å². The van der Waals surface area contributed by atoms with Crippen molar-refractivity contribution in [3.63, 3.8) is 0 Å². The van der Waals surface area contributed by atoms with E-state index in [1.807, 2.05) is 41.6 Å². The maximum Gasteiger partial charge on any atom is 0.246 e. The van der Waals surface area contributed by atoms with E-state index in [4.69, 9.17) is 4.74 Å². The highest BCUT2D eigenvalue weighted by Crippen LogP contribution is 2.40. The Balaban J connectivity index is 1.50. The zero-order chi connectivity index (χ0) is 30.1. The Morgan fingerprint density at radius 3 is 2.86 bits per heavy atom. The largest absolute Gasteiger partial charge is 0.475 e. The molecule has 0 bridgehead atoms. The molecule has 9 nitrogen and oxygen atoms in total. The lowest BCUT2D eigenvalue weighted by molar-refractivity contribution is -0.128. The van der Waals surface area contributed by atoms with Crippen molar-refractivity contribution in [2.24, 2.45) is 0 Å². The summed E-state index contributed by atoms with van der Waals surface area (Å²) in [5.41, 5.74) is 1.53. The second-order valence-electron chi connectivity index (χ2n) is 10.9. The van der Waals surface area contributed by atoms with E-state index in [1.54, 1.807) is 11.1 Å². The molecule has 3 aromatic heterocycles. The second-order valence-corrected chi connectivity index (χ2v) is 11.8. The van der Waals surface area contributed by atoms with Gasteiger partial charge in [0.1, 0.15) is 29.5 Å². The number of carbonyl (C=O) groups excluding carboxylic acids is 1. The van der Waals surface area contributed by atoms with Gasteiger partial charge in [-0.3, -0.25) is 9.78 Å². The molecular weight excluding hydrogens is 565 g/mol. The van der Waals surface area contributed by atoms with Gasteiger partial charge in [-0.1, -0.05) is 24.8 Å². The van der Waals surface area contributed by atoms with Crippen molar-refractivity contribution in [2.75, 3.05) is 44.7 Å². The lowest BCUT2D eigenvalue weighted by atomic mass is 10.0. The number of pyridine rings is 2. The molecule has 2 aliphatic rings. The van der Waals surface area contributed by atoms with Gasteiger partial charge in [-0.25, -0.2) is 9.37 Å². The van der Waals surface area contributed by atoms with E-state index in [2.05, 4.69) is 33.6 Å². The number of anilines is 1. The van der Waals surface area contributed by atoms with Crippen molar-refractivity contribution in [1.82, 2.24) is 19.8 Å². The number of likely N-dealkylation sites (N-methyl/N-ethyl adjacent to an activating group) is 1. The van der Waals surface area contributed by atoms with Crippen molar-refractivity contribution in [2.45, 2.75) is 31.3 Å². The minimum absolute atomic E-state index is 0.0590. The number of hydrogen-bond donors (Lipinski definition) is 0. The molecule has 2 fully saturated rings. The lowest BCUT2D eigenvalue weighted by Crippen LogP contribution is -2.55. The SMILES string of the molecule is C=CC(=O)N1CCN(c2c(C#N)c(OC[C@@H]3CCCN3C)nc3c(F)c(-c4cccc5ccsc45)ncc23)C[C@@H]1CC#N. The Labute approximate surface area is 253 Å². The van der Waals surface area contributed by atoms with Crippen LogP contribution in [0.4, 0.5) is 10.1 Å². The highest BCUT2D eigenvalue weighted by atomic mass is 32.1. The molecular formula is C32H30FN7O2S. The summed E-state index contributed by atoms with van der Waals surface area (Å²) in [6.45, 7) is 5.81. The Morgan fingerprint density at radius 2 is 2.12 bits per heavy atom. The van der Waals surface area contributed by atoms with Gasteiger partial charge in [0, 0.05) is 47.5 Å². The molecule has 2 aliphatic heterocycles. The number of nitrogens with zero attached hydrogens (tertiary/aromatic N) is 7. The van der Waals surface area contributed by atoms with Crippen LogP contribution in [-0.2, 0) is 4.79 Å². The van der Waals surface area contributed by atoms with Crippen LogP contribution in [0.5, 0.6) is 5.88 Å². The summed E-state index contributed by atoms with van der Waals surface area (Å²) in [5, 5.41) is 23.3. The molecule has 1 amide bonds. The Hall–Kier alpha value is -4.58.